The summed E-state index contributed by atoms with van der Waals surface area (Å²) in [5.41, 5.74) is 3.74. The minimum Gasteiger partial charge on any atom is -0.337 e. The van der Waals surface area contributed by atoms with Crippen molar-refractivity contribution in [1.82, 2.24) is 15.0 Å². The molecule has 0 saturated heterocycles. The average molecular weight is 373 g/mol. The zero-order chi connectivity index (χ0) is 12.0. The lowest BCUT2D eigenvalue weighted by atomic mass is 10.3. The maximum absolute atomic E-state index is 4.51. The van der Waals surface area contributed by atoms with Gasteiger partial charge in [-0.3, -0.25) is 0 Å². The van der Waals surface area contributed by atoms with Crippen LogP contribution < -0.4 is 0 Å². The van der Waals surface area contributed by atoms with Gasteiger partial charge in [-0.15, -0.1) is 11.3 Å². The second kappa shape index (κ2) is 4.19. The van der Waals surface area contributed by atoms with Crippen LogP contribution in [0.15, 0.2) is 25.8 Å². The van der Waals surface area contributed by atoms with Crippen LogP contribution in [0.5, 0.6) is 0 Å². The van der Waals surface area contributed by atoms with Crippen molar-refractivity contribution in [1.29, 1.82) is 0 Å². The number of hydrogen-bond acceptors (Lipinski definition) is 3. The van der Waals surface area contributed by atoms with Crippen LogP contribution in [0, 0.1) is 6.92 Å². The van der Waals surface area contributed by atoms with E-state index in [4.69, 9.17) is 0 Å². The fourth-order valence-corrected chi connectivity index (χ4v) is 4.42. The lowest BCUT2D eigenvalue weighted by molar-refractivity contribution is 1.22. The molecule has 0 bridgehead atoms. The van der Waals surface area contributed by atoms with Crippen molar-refractivity contribution in [2.24, 2.45) is 0 Å². The topological polar surface area (TPSA) is 41.6 Å². The van der Waals surface area contributed by atoms with Crippen molar-refractivity contribution in [3.8, 4) is 11.4 Å². The summed E-state index contributed by atoms with van der Waals surface area (Å²) in [6.45, 7) is 1.96. The van der Waals surface area contributed by atoms with Crippen LogP contribution in [0.25, 0.3) is 22.6 Å². The number of rotatable bonds is 1. The largest absolute Gasteiger partial charge is 0.337 e. The van der Waals surface area contributed by atoms with E-state index in [1.54, 1.807) is 11.3 Å². The summed E-state index contributed by atoms with van der Waals surface area (Å²) in [7, 11) is 0. The highest BCUT2D eigenvalue weighted by Crippen LogP contribution is 2.37. The number of hydrogen-bond donors (Lipinski definition) is 1. The highest BCUT2D eigenvalue weighted by atomic mass is 79.9. The molecule has 0 unspecified atom stereocenters. The van der Waals surface area contributed by atoms with Gasteiger partial charge >= 0.3 is 0 Å². The quantitative estimate of drug-likeness (QED) is 0.682. The molecule has 17 heavy (non-hydrogen) atoms. The predicted molar refractivity (Wildman–Crippen MR) is 77.3 cm³/mol. The molecule has 0 spiro atoms. The van der Waals surface area contributed by atoms with E-state index in [2.05, 4.69) is 46.8 Å². The number of nitrogens with zero attached hydrogens (tertiary/aromatic N) is 2. The van der Waals surface area contributed by atoms with Gasteiger partial charge in [0, 0.05) is 11.3 Å². The van der Waals surface area contributed by atoms with Crippen LogP contribution in [0.3, 0.4) is 0 Å². The van der Waals surface area contributed by atoms with Gasteiger partial charge in [-0.2, -0.15) is 0 Å². The second-order valence-electron chi connectivity index (χ2n) is 3.65. The summed E-state index contributed by atoms with van der Waals surface area (Å²) in [5.74, 6) is 0.840. The minimum absolute atomic E-state index is 0.759. The first-order chi connectivity index (χ1) is 8.13. The molecule has 3 rings (SSSR count). The summed E-state index contributed by atoms with van der Waals surface area (Å²) in [6.07, 6.45) is 0. The van der Waals surface area contributed by atoms with E-state index in [9.17, 15) is 0 Å². The van der Waals surface area contributed by atoms with E-state index in [-0.39, 0.29) is 0 Å². The number of halogens is 2. The molecule has 0 aliphatic rings. The maximum atomic E-state index is 4.51. The van der Waals surface area contributed by atoms with Crippen LogP contribution in [-0.2, 0) is 0 Å². The first-order valence-corrected chi connectivity index (χ1v) is 7.32. The molecule has 0 saturated carbocycles. The number of fused-ring (bicyclic) bond motifs is 1. The van der Waals surface area contributed by atoms with Crippen molar-refractivity contribution in [2.45, 2.75) is 6.92 Å². The van der Waals surface area contributed by atoms with Gasteiger partial charge in [0.2, 0.25) is 0 Å². The Labute approximate surface area is 119 Å². The van der Waals surface area contributed by atoms with E-state index in [1.165, 1.54) is 0 Å². The summed E-state index contributed by atoms with van der Waals surface area (Å²) >= 11 is 8.63. The van der Waals surface area contributed by atoms with Crippen LogP contribution >= 0.6 is 43.2 Å². The van der Waals surface area contributed by atoms with Gasteiger partial charge in [0.25, 0.3) is 0 Å². The van der Waals surface area contributed by atoms with Crippen LogP contribution in [0.4, 0.5) is 0 Å². The summed E-state index contributed by atoms with van der Waals surface area (Å²) in [6, 6.07) is 6.02. The average Bonchev–Trinajstić information content (AvgIpc) is 2.80. The van der Waals surface area contributed by atoms with Crippen molar-refractivity contribution in [3.63, 3.8) is 0 Å². The molecular formula is C11H7Br2N3S. The Balaban J connectivity index is 2.21. The Kier molecular flexibility index (Phi) is 2.80. The van der Waals surface area contributed by atoms with Crippen molar-refractivity contribution < 1.29 is 0 Å². The summed E-state index contributed by atoms with van der Waals surface area (Å²) in [4.78, 5) is 12.2. The predicted octanol–water partition coefficient (Wildman–Crippen LogP) is 4.52. The first kappa shape index (κ1) is 11.4. The molecule has 0 aromatic carbocycles. The molecule has 0 aliphatic carbocycles. The highest BCUT2D eigenvalue weighted by molar-refractivity contribution is 9.12. The second-order valence-corrected chi connectivity index (χ2v) is 7.40. The van der Waals surface area contributed by atoms with Gasteiger partial charge < -0.3 is 4.98 Å². The van der Waals surface area contributed by atoms with Crippen LogP contribution in [0.2, 0.25) is 0 Å². The van der Waals surface area contributed by atoms with Gasteiger partial charge in [0.05, 0.1) is 13.1 Å². The Hall–Kier alpha value is -0.720. The molecule has 0 atom stereocenters. The lowest BCUT2D eigenvalue weighted by Gasteiger charge is -1.90. The molecule has 6 heteroatoms. The number of pyridine rings is 1. The van der Waals surface area contributed by atoms with E-state index >= 15 is 0 Å². The Bertz CT molecular complexity index is 702. The molecule has 86 valence electrons. The molecule has 1 N–H and O–H groups in total. The van der Waals surface area contributed by atoms with Crippen LogP contribution in [-0.4, -0.2) is 15.0 Å². The minimum atomic E-state index is 0.759. The molecule has 0 amide bonds. The van der Waals surface area contributed by atoms with Gasteiger partial charge in [0.1, 0.15) is 5.82 Å². The molecule has 0 radical (unpaired) electrons. The smallest absolute Gasteiger partial charge is 0.178 e. The fourth-order valence-electron chi connectivity index (χ4n) is 1.62. The molecular weight excluding hydrogens is 366 g/mol. The maximum Gasteiger partial charge on any atom is 0.178 e. The number of aromatic nitrogens is 3. The normalized spacial score (nSPS) is 11.2. The molecule has 3 aromatic rings. The molecule has 0 fully saturated rings. The van der Waals surface area contributed by atoms with E-state index in [1.807, 2.05) is 25.1 Å². The van der Waals surface area contributed by atoms with Crippen molar-refractivity contribution in [2.75, 3.05) is 0 Å². The third kappa shape index (κ3) is 2.05. The SMILES string of the molecule is Cc1ccc2[nH]c(-c3cc(Br)sc3Br)nc2n1. The Morgan fingerprint density at radius 3 is 2.76 bits per heavy atom. The third-order valence-corrected chi connectivity index (χ3v) is 4.74. The van der Waals surface area contributed by atoms with Gasteiger partial charge in [0.15, 0.2) is 5.65 Å². The lowest BCUT2D eigenvalue weighted by Crippen LogP contribution is -1.80. The molecule has 3 nitrogen and oxygen atoms in total. The molecule has 3 heterocycles. The zero-order valence-electron chi connectivity index (χ0n) is 8.79. The Morgan fingerprint density at radius 2 is 2.06 bits per heavy atom. The van der Waals surface area contributed by atoms with Gasteiger partial charge in [-0.25, -0.2) is 9.97 Å². The Morgan fingerprint density at radius 1 is 1.24 bits per heavy atom. The monoisotopic (exact) mass is 371 g/mol. The standard InChI is InChI=1S/C11H7Br2N3S/c1-5-2-3-7-11(14-5)16-10(15-7)6-4-8(12)17-9(6)13/h2-4H,1H3,(H,14,15,16). The highest BCUT2D eigenvalue weighted by Gasteiger charge is 2.12. The number of thiophene rings is 1. The third-order valence-electron chi connectivity index (χ3n) is 2.40. The molecule has 0 aliphatic heterocycles. The van der Waals surface area contributed by atoms with Crippen molar-refractivity contribution >= 4 is 54.4 Å². The summed E-state index contributed by atoms with van der Waals surface area (Å²) < 4.78 is 2.13. The zero-order valence-corrected chi connectivity index (χ0v) is 12.8. The summed E-state index contributed by atoms with van der Waals surface area (Å²) in [5, 5.41) is 0. The molecule has 3 aromatic heterocycles. The number of imidazole rings is 1. The van der Waals surface area contributed by atoms with E-state index in [0.29, 0.717) is 0 Å². The van der Waals surface area contributed by atoms with E-state index in [0.717, 1.165) is 35.8 Å². The fraction of sp³-hybridized carbons (Fsp3) is 0.0909. The van der Waals surface area contributed by atoms with Gasteiger partial charge in [-0.05, 0) is 57.0 Å². The van der Waals surface area contributed by atoms with E-state index < -0.39 is 0 Å². The number of aromatic amines is 1. The van der Waals surface area contributed by atoms with Gasteiger partial charge in [-0.1, -0.05) is 0 Å². The van der Waals surface area contributed by atoms with Crippen LogP contribution in [0.1, 0.15) is 5.69 Å². The first-order valence-electron chi connectivity index (χ1n) is 4.92. The number of H-pyrrole nitrogens is 1. The van der Waals surface area contributed by atoms with Crippen molar-refractivity contribution in [3.05, 3.63) is 31.5 Å². The number of aryl methyl sites for hydroxylation is 1. The number of nitrogens with one attached hydrogen (secondary N) is 1.